The number of fused-ring (bicyclic) bond motifs is 1. The van der Waals surface area contributed by atoms with Gasteiger partial charge in [0.15, 0.2) is 8.32 Å². The van der Waals surface area contributed by atoms with Gasteiger partial charge in [-0.05, 0) is 66.4 Å². The van der Waals surface area contributed by atoms with Crippen molar-refractivity contribution in [3.8, 4) is 0 Å². The summed E-state index contributed by atoms with van der Waals surface area (Å²) in [4.78, 5) is 25.8. The van der Waals surface area contributed by atoms with Crippen LogP contribution in [0, 0.1) is 5.41 Å². The van der Waals surface area contributed by atoms with Gasteiger partial charge in [-0.1, -0.05) is 18.2 Å². The molecular formula is C22H33NO5Si. The Balaban J connectivity index is 2.76. The molecule has 6 nitrogen and oxygen atoms in total. The van der Waals surface area contributed by atoms with Crippen molar-refractivity contribution in [3.05, 3.63) is 36.0 Å². The minimum atomic E-state index is -2.10. The average molecular weight is 420 g/mol. The zero-order chi connectivity index (χ0) is 22.2. The van der Waals surface area contributed by atoms with E-state index in [1.165, 1.54) is 11.7 Å². The van der Waals surface area contributed by atoms with Crippen molar-refractivity contribution in [2.45, 2.75) is 66.0 Å². The van der Waals surface area contributed by atoms with Gasteiger partial charge in [0, 0.05) is 5.39 Å². The van der Waals surface area contributed by atoms with Crippen LogP contribution >= 0.6 is 0 Å². The lowest BCUT2D eigenvalue weighted by atomic mass is 9.84. The van der Waals surface area contributed by atoms with Crippen molar-refractivity contribution in [1.82, 2.24) is 4.57 Å². The Morgan fingerprint density at radius 2 is 1.62 bits per heavy atom. The second-order valence-corrected chi connectivity index (χ2v) is 14.2. The molecule has 0 fully saturated rings. The van der Waals surface area contributed by atoms with Crippen LogP contribution in [0.2, 0.25) is 19.6 Å². The fourth-order valence-electron chi connectivity index (χ4n) is 3.18. The molecule has 0 amide bonds. The molecule has 0 saturated heterocycles. The molecule has 0 aliphatic heterocycles. The van der Waals surface area contributed by atoms with E-state index >= 15 is 0 Å². The van der Waals surface area contributed by atoms with Crippen molar-refractivity contribution in [2.75, 3.05) is 7.11 Å². The molecule has 1 atom stereocenters. The maximum atomic E-state index is 13.2. The highest BCUT2D eigenvalue weighted by Crippen LogP contribution is 2.42. The molecule has 7 heteroatoms. The van der Waals surface area contributed by atoms with Crippen molar-refractivity contribution in [2.24, 2.45) is 5.41 Å². The number of benzene rings is 1. The molecule has 1 heterocycles. The predicted molar refractivity (Wildman–Crippen MR) is 117 cm³/mol. The number of aromatic nitrogens is 1. The standard InChI is InChI=1S/C22H33NO5Si/c1-21(2,3)27-20(25)23-16-13-11-10-12-15(16)14-17(23)18(28-29(7,8)9)22(4,5)19(24)26-6/h10-14,18H,1-9H3. The van der Waals surface area contributed by atoms with E-state index in [2.05, 4.69) is 0 Å². The fraction of sp³-hybridized carbons (Fsp3) is 0.545. The summed E-state index contributed by atoms with van der Waals surface area (Å²) in [7, 11) is -0.738. The summed E-state index contributed by atoms with van der Waals surface area (Å²) in [5, 5.41) is 0.873. The Morgan fingerprint density at radius 1 is 1.03 bits per heavy atom. The van der Waals surface area contributed by atoms with E-state index in [1.807, 2.05) is 70.7 Å². The van der Waals surface area contributed by atoms with Crippen molar-refractivity contribution >= 4 is 31.3 Å². The lowest BCUT2D eigenvalue weighted by molar-refractivity contribution is -0.157. The van der Waals surface area contributed by atoms with Gasteiger partial charge in [0.2, 0.25) is 0 Å². The number of esters is 1. The number of methoxy groups -OCH3 is 1. The van der Waals surface area contributed by atoms with E-state index in [-0.39, 0.29) is 0 Å². The van der Waals surface area contributed by atoms with E-state index < -0.39 is 37.5 Å². The summed E-state index contributed by atoms with van der Waals surface area (Å²) in [6.45, 7) is 15.2. The van der Waals surface area contributed by atoms with E-state index in [0.29, 0.717) is 11.2 Å². The third-order valence-electron chi connectivity index (χ3n) is 4.42. The molecular weight excluding hydrogens is 386 g/mol. The molecule has 1 unspecified atom stereocenters. The lowest BCUT2D eigenvalue weighted by Crippen LogP contribution is -2.41. The van der Waals surface area contributed by atoms with Gasteiger partial charge in [0.05, 0.1) is 23.7 Å². The monoisotopic (exact) mass is 419 g/mol. The Kier molecular flexibility index (Phi) is 6.35. The van der Waals surface area contributed by atoms with Crippen LogP contribution < -0.4 is 0 Å². The molecule has 160 valence electrons. The SMILES string of the molecule is COC(=O)C(C)(C)C(O[Si](C)(C)C)c1cc2ccccc2n1C(=O)OC(C)(C)C. The molecule has 0 spiro atoms. The first kappa shape index (κ1) is 23.2. The number of ether oxygens (including phenoxy) is 2. The van der Waals surface area contributed by atoms with Gasteiger partial charge in [-0.25, -0.2) is 9.36 Å². The minimum absolute atomic E-state index is 0.401. The third-order valence-corrected chi connectivity index (χ3v) is 5.37. The Hall–Kier alpha value is -2.12. The highest BCUT2D eigenvalue weighted by molar-refractivity contribution is 6.69. The van der Waals surface area contributed by atoms with Crippen LogP contribution in [0.3, 0.4) is 0 Å². The highest BCUT2D eigenvalue weighted by atomic mass is 28.4. The zero-order valence-electron chi connectivity index (χ0n) is 19.0. The van der Waals surface area contributed by atoms with Crippen LogP contribution in [0.25, 0.3) is 10.9 Å². The lowest BCUT2D eigenvalue weighted by Gasteiger charge is -2.36. The van der Waals surface area contributed by atoms with E-state index in [0.717, 1.165) is 5.39 Å². The molecule has 0 aliphatic rings. The number of rotatable bonds is 5. The minimum Gasteiger partial charge on any atom is -0.469 e. The molecule has 0 N–H and O–H groups in total. The van der Waals surface area contributed by atoms with Crippen molar-refractivity contribution in [3.63, 3.8) is 0 Å². The third kappa shape index (κ3) is 5.28. The first-order valence-corrected chi connectivity index (χ1v) is 13.2. The van der Waals surface area contributed by atoms with Gasteiger partial charge in [0.1, 0.15) is 11.7 Å². The van der Waals surface area contributed by atoms with Gasteiger partial charge in [-0.15, -0.1) is 0 Å². The molecule has 0 radical (unpaired) electrons. The van der Waals surface area contributed by atoms with Crippen molar-refractivity contribution < 1.29 is 23.5 Å². The van der Waals surface area contributed by atoms with Crippen LogP contribution in [0.4, 0.5) is 4.79 Å². The topological polar surface area (TPSA) is 66.8 Å². The first-order valence-electron chi connectivity index (χ1n) is 9.77. The highest BCUT2D eigenvalue weighted by Gasteiger charge is 2.44. The molecule has 2 rings (SSSR count). The van der Waals surface area contributed by atoms with Gasteiger partial charge in [0.25, 0.3) is 0 Å². The molecule has 1 aromatic heterocycles. The number of para-hydroxylation sites is 1. The first-order chi connectivity index (χ1) is 13.2. The van der Waals surface area contributed by atoms with Gasteiger partial charge in [-0.2, -0.15) is 0 Å². The summed E-state index contributed by atoms with van der Waals surface area (Å²) >= 11 is 0. The van der Waals surface area contributed by atoms with Gasteiger partial charge < -0.3 is 13.9 Å². The Labute approximate surface area is 174 Å². The number of hydrogen-bond donors (Lipinski definition) is 0. The van der Waals surface area contributed by atoms with Crippen LogP contribution in [-0.4, -0.2) is 37.7 Å². The second kappa shape index (κ2) is 7.95. The van der Waals surface area contributed by atoms with Gasteiger partial charge in [-0.3, -0.25) is 4.79 Å². The van der Waals surface area contributed by atoms with E-state index in [1.54, 1.807) is 13.8 Å². The molecule has 2 aromatic rings. The van der Waals surface area contributed by atoms with E-state index in [4.69, 9.17) is 13.9 Å². The smallest absolute Gasteiger partial charge is 0.419 e. The summed E-state index contributed by atoms with van der Waals surface area (Å²) in [6, 6.07) is 9.46. The zero-order valence-corrected chi connectivity index (χ0v) is 20.0. The van der Waals surface area contributed by atoms with Crippen LogP contribution in [-0.2, 0) is 18.7 Å². The number of carbonyl (C=O) groups excluding carboxylic acids is 2. The Bertz CT molecular complexity index is 902. The number of carbonyl (C=O) groups is 2. The van der Waals surface area contributed by atoms with Crippen LogP contribution in [0.1, 0.15) is 46.4 Å². The molecule has 0 saturated carbocycles. The summed E-state index contributed by atoms with van der Waals surface area (Å²) < 4.78 is 18.7. The Morgan fingerprint density at radius 3 is 2.14 bits per heavy atom. The van der Waals surface area contributed by atoms with Crippen LogP contribution in [0.15, 0.2) is 30.3 Å². The van der Waals surface area contributed by atoms with Gasteiger partial charge >= 0.3 is 12.1 Å². The average Bonchev–Trinajstić information content (AvgIpc) is 2.95. The maximum Gasteiger partial charge on any atom is 0.419 e. The quantitative estimate of drug-likeness (QED) is 0.472. The van der Waals surface area contributed by atoms with E-state index in [9.17, 15) is 9.59 Å². The summed E-state index contributed by atoms with van der Waals surface area (Å²) in [6.07, 6.45) is -1.18. The maximum absolute atomic E-state index is 13.2. The summed E-state index contributed by atoms with van der Waals surface area (Å²) in [5.41, 5.74) is -0.379. The second-order valence-electron chi connectivity index (χ2n) is 9.77. The largest absolute Gasteiger partial charge is 0.469 e. The normalized spacial score (nSPS) is 14.0. The number of hydrogen-bond acceptors (Lipinski definition) is 5. The number of nitrogens with zero attached hydrogens (tertiary/aromatic N) is 1. The molecule has 29 heavy (non-hydrogen) atoms. The van der Waals surface area contributed by atoms with Crippen LogP contribution in [0.5, 0.6) is 0 Å². The molecule has 1 aromatic carbocycles. The van der Waals surface area contributed by atoms with Crippen molar-refractivity contribution in [1.29, 1.82) is 0 Å². The fourth-order valence-corrected chi connectivity index (χ4v) is 4.30. The summed E-state index contributed by atoms with van der Waals surface area (Å²) in [5.74, 6) is -0.401. The predicted octanol–water partition coefficient (Wildman–Crippen LogP) is 5.52. The molecule has 0 bridgehead atoms. The molecule has 0 aliphatic carbocycles.